The second kappa shape index (κ2) is 9.54. The van der Waals surface area contributed by atoms with Crippen molar-refractivity contribution >= 4 is 45.5 Å². The van der Waals surface area contributed by atoms with Gasteiger partial charge in [0.05, 0.1) is 5.69 Å². The van der Waals surface area contributed by atoms with Gasteiger partial charge in [-0.25, -0.2) is 4.98 Å². The number of anilines is 1. The molecule has 2 rings (SSSR count). The number of benzene rings is 1. The topological polar surface area (TPSA) is 76.1 Å². The van der Waals surface area contributed by atoms with Gasteiger partial charge in [-0.15, -0.1) is 11.3 Å². The minimum Gasteiger partial charge on any atom is -0.298 e. The lowest BCUT2D eigenvalue weighted by molar-refractivity contribution is 0.102. The molecule has 0 atom stereocenters. The first-order valence-corrected chi connectivity index (χ1v) is 8.79. The van der Waals surface area contributed by atoms with Crippen LogP contribution in [0.4, 0.5) is 5.13 Å². The van der Waals surface area contributed by atoms with Gasteiger partial charge in [-0.1, -0.05) is 24.9 Å². The predicted octanol–water partition coefficient (Wildman–Crippen LogP) is 3.95. The van der Waals surface area contributed by atoms with Crippen LogP contribution in [0.15, 0.2) is 17.5 Å². The number of hydrogen-bond donors (Lipinski definition) is 1. The maximum Gasteiger partial charge on any atom is 0.335 e. The highest BCUT2D eigenvalue weighted by Crippen LogP contribution is 2.22. The van der Waals surface area contributed by atoms with Crippen LogP contribution in [0.5, 0.6) is 0 Å². The normalized spacial score (nSPS) is 9.74. The number of aryl methyl sites for hydroxylation is 3. The molecule has 124 valence electrons. The minimum atomic E-state index is -0.750. The van der Waals surface area contributed by atoms with Crippen LogP contribution < -0.4 is 5.32 Å². The molecule has 0 aliphatic carbocycles. The average molecular weight is 373 g/mol. The van der Waals surface area contributed by atoms with Crippen LogP contribution in [0.2, 0.25) is 5.02 Å². The van der Waals surface area contributed by atoms with Crippen LogP contribution in [-0.4, -0.2) is 19.3 Å². The molecule has 0 unspecified atom stereocenters. The Labute approximate surface area is 147 Å². The molecule has 0 saturated carbocycles. The molecule has 8 heteroatoms. The summed E-state index contributed by atoms with van der Waals surface area (Å²) in [4.78, 5) is 16.7. The third-order valence-corrected chi connectivity index (χ3v) is 4.24. The van der Waals surface area contributed by atoms with Crippen molar-refractivity contribution in [1.82, 2.24) is 4.98 Å². The Balaban J connectivity index is 0.000000816. The first kappa shape index (κ1) is 19.5. The monoisotopic (exact) mass is 372 g/mol. The molecule has 1 N–H and O–H groups in total. The highest BCUT2D eigenvalue weighted by molar-refractivity contribution is 7.51. The van der Waals surface area contributed by atoms with Gasteiger partial charge in [0, 0.05) is 16.0 Å². The first-order valence-electron chi connectivity index (χ1n) is 6.87. The summed E-state index contributed by atoms with van der Waals surface area (Å²) in [5.74, 6) is -0.139. The lowest BCUT2D eigenvalue weighted by Crippen LogP contribution is -2.13. The Morgan fingerprint density at radius 2 is 1.96 bits per heavy atom. The summed E-state index contributed by atoms with van der Waals surface area (Å²) in [6, 6.07) is 3.63. The number of nitrogens with one attached hydrogen (secondary N) is 1. The standard InChI is InChI=1S/C15H17ClN2OS.O2S/c1-4-5-11-8-20-15(17-11)18-14(19)12-6-10(3)13(16)7-9(12)2;1-3-2/h6-8H,4-5H2,1-3H3,(H,17,18,19);. The molecule has 2 aromatic rings. The molecule has 0 fully saturated rings. The van der Waals surface area contributed by atoms with Crippen LogP contribution in [0.3, 0.4) is 0 Å². The number of nitrogens with zero attached hydrogens (tertiary/aromatic N) is 1. The van der Waals surface area contributed by atoms with Crippen molar-refractivity contribution in [2.45, 2.75) is 33.6 Å². The summed E-state index contributed by atoms with van der Waals surface area (Å²) in [7, 11) is 0. The van der Waals surface area contributed by atoms with E-state index in [4.69, 9.17) is 20.0 Å². The van der Waals surface area contributed by atoms with Gasteiger partial charge in [0.15, 0.2) is 5.13 Å². The van der Waals surface area contributed by atoms with Gasteiger partial charge in [0.25, 0.3) is 5.91 Å². The third-order valence-electron chi connectivity index (χ3n) is 3.03. The summed E-state index contributed by atoms with van der Waals surface area (Å²) in [5, 5.41) is 6.16. The molecule has 0 radical (unpaired) electrons. The molecule has 1 aromatic heterocycles. The predicted molar refractivity (Wildman–Crippen MR) is 93.9 cm³/mol. The molecule has 1 aromatic carbocycles. The second-order valence-electron chi connectivity index (χ2n) is 4.83. The van der Waals surface area contributed by atoms with E-state index in [2.05, 4.69) is 17.2 Å². The lowest BCUT2D eigenvalue weighted by Gasteiger charge is -2.08. The van der Waals surface area contributed by atoms with E-state index in [0.717, 1.165) is 29.7 Å². The largest absolute Gasteiger partial charge is 0.335 e. The van der Waals surface area contributed by atoms with Crippen LogP contribution in [0.25, 0.3) is 0 Å². The molecule has 5 nitrogen and oxygen atoms in total. The van der Waals surface area contributed by atoms with E-state index in [0.29, 0.717) is 15.7 Å². The Morgan fingerprint density at radius 1 is 1.30 bits per heavy atom. The maximum absolute atomic E-state index is 12.3. The quantitative estimate of drug-likeness (QED) is 0.881. The van der Waals surface area contributed by atoms with E-state index in [-0.39, 0.29) is 5.91 Å². The summed E-state index contributed by atoms with van der Waals surface area (Å²) in [6.45, 7) is 5.88. The van der Waals surface area contributed by atoms with Gasteiger partial charge in [0.2, 0.25) is 0 Å². The van der Waals surface area contributed by atoms with E-state index < -0.39 is 11.6 Å². The number of aromatic nitrogens is 1. The molecular weight excluding hydrogens is 356 g/mol. The van der Waals surface area contributed by atoms with Crippen molar-refractivity contribution in [2.24, 2.45) is 0 Å². The SMILES string of the molecule is CCCc1csc(NC(=O)c2cc(C)c(Cl)cc2C)n1.O=S=O. The van der Waals surface area contributed by atoms with Gasteiger partial charge < -0.3 is 0 Å². The minimum absolute atomic E-state index is 0.139. The van der Waals surface area contributed by atoms with Gasteiger partial charge in [-0.05, 0) is 43.5 Å². The van der Waals surface area contributed by atoms with E-state index in [9.17, 15) is 4.79 Å². The average Bonchev–Trinajstić information content (AvgIpc) is 2.91. The van der Waals surface area contributed by atoms with E-state index in [1.807, 2.05) is 31.4 Å². The first-order chi connectivity index (χ1) is 10.9. The number of halogens is 1. The highest BCUT2D eigenvalue weighted by atomic mass is 35.5. The lowest BCUT2D eigenvalue weighted by atomic mass is 10.1. The fraction of sp³-hybridized carbons (Fsp3) is 0.333. The van der Waals surface area contributed by atoms with Crippen LogP contribution >= 0.6 is 22.9 Å². The van der Waals surface area contributed by atoms with Gasteiger partial charge >= 0.3 is 11.6 Å². The number of hydrogen-bond acceptors (Lipinski definition) is 5. The zero-order valence-corrected chi connectivity index (χ0v) is 15.4. The fourth-order valence-corrected chi connectivity index (χ4v) is 2.88. The number of carbonyl (C=O) groups excluding carboxylic acids is 1. The number of thiazole rings is 1. The Kier molecular flexibility index (Phi) is 8.08. The van der Waals surface area contributed by atoms with Crippen molar-refractivity contribution in [3.8, 4) is 0 Å². The molecule has 23 heavy (non-hydrogen) atoms. The van der Waals surface area contributed by atoms with Crippen LogP contribution in [-0.2, 0) is 18.0 Å². The third kappa shape index (κ3) is 5.85. The summed E-state index contributed by atoms with van der Waals surface area (Å²) in [6.07, 6.45) is 1.98. The van der Waals surface area contributed by atoms with Crippen molar-refractivity contribution in [1.29, 1.82) is 0 Å². The number of carbonyl (C=O) groups is 1. The van der Waals surface area contributed by atoms with Crippen molar-refractivity contribution < 1.29 is 13.2 Å². The zero-order valence-electron chi connectivity index (χ0n) is 13.0. The molecule has 1 amide bonds. The summed E-state index contributed by atoms with van der Waals surface area (Å²) in [5.41, 5.74) is 3.42. The molecule has 0 spiro atoms. The Morgan fingerprint density at radius 3 is 2.57 bits per heavy atom. The molecule has 0 aliphatic rings. The Hall–Kier alpha value is -1.57. The maximum atomic E-state index is 12.3. The van der Waals surface area contributed by atoms with Crippen molar-refractivity contribution in [3.05, 3.63) is 44.9 Å². The summed E-state index contributed by atoms with van der Waals surface area (Å²) >= 11 is 6.75. The number of rotatable bonds is 4. The van der Waals surface area contributed by atoms with Crippen LogP contribution in [0, 0.1) is 13.8 Å². The smallest absolute Gasteiger partial charge is 0.298 e. The number of amides is 1. The highest BCUT2D eigenvalue weighted by Gasteiger charge is 2.13. The molecular formula is C15H17ClN2O3S2. The zero-order chi connectivity index (χ0) is 17.4. The van der Waals surface area contributed by atoms with Gasteiger partial charge in [-0.2, -0.15) is 8.42 Å². The van der Waals surface area contributed by atoms with Crippen molar-refractivity contribution in [3.63, 3.8) is 0 Å². The summed E-state index contributed by atoms with van der Waals surface area (Å²) < 4.78 is 16.6. The molecule has 1 heterocycles. The molecule has 0 aliphatic heterocycles. The van der Waals surface area contributed by atoms with Gasteiger partial charge in [0.1, 0.15) is 0 Å². The molecule has 0 saturated heterocycles. The van der Waals surface area contributed by atoms with Crippen molar-refractivity contribution in [2.75, 3.05) is 5.32 Å². The fourth-order valence-electron chi connectivity index (χ4n) is 1.93. The van der Waals surface area contributed by atoms with E-state index >= 15 is 0 Å². The van der Waals surface area contributed by atoms with E-state index in [1.54, 1.807) is 0 Å². The van der Waals surface area contributed by atoms with Gasteiger partial charge in [-0.3, -0.25) is 10.1 Å². The van der Waals surface area contributed by atoms with Crippen LogP contribution in [0.1, 0.15) is 40.5 Å². The second-order valence-corrected chi connectivity index (χ2v) is 6.23. The Bertz CT molecular complexity index is 726. The molecule has 0 bridgehead atoms. The van der Waals surface area contributed by atoms with E-state index in [1.165, 1.54) is 11.3 Å².